The van der Waals surface area contributed by atoms with Gasteiger partial charge in [-0.2, -0.15) is 5.10 Å². The molecule has 0 saturated heterocycles. The Morgan fingerprint density at radius 1 is 1.00 bits per heavy atom. The summed E-state index contributed by atoms with van der Waals surface area (Å²) in [5.41, 5.74) is 3.25. The van der Waals surface area contributed by atoms with Crippen molar-refractivity contribution in [3.8, 4) is 16.9 Å². The number of aromatic nitrogens is 3. The molecule has 0 spiro atoms. The molecular formula is C16H16N4. The second kappa shape index (κ2) is 5.67. The van der Waals surface area contributed by atoms with Crippen LogP contribution < -0.4 is 5.32 Å². The highest BCUT2D eigenvalue weighted by atomic mass is 15.3. The SMILES string of the molecule is CNCc1cccc(-n2cc(-c3ccccc3)cn2)n1. The van der Waals surface area contributed by atoms with Crippen LogP contribution in [0.3, 0.4) is 0 Å². The lowest BCUT2D eigenvalue weighted by Crippen LogP contribution is -2.08. The average Bonchev–Trinajstić information content (AvgIpc) is 2.99. The zero-order valence-electron chi connectivity index (χ0n) is 11.3. The van der Waals surface area contributed by atoms with Crippen LogP contribution in [0.2, 0.25) is 0 Å². The molecule has 2 heterocycles. The number of nitrogens with zero attached hydrogens (tertiary/aromatic N) is 3. The van der Waals surface area contributed by atoms with Gasteiger partial charge in [0.25, 0.3) is 0 Å². The van der Waals surface area contributed by atoms with E-state index in [2.05, 4.69) is 27.5 Å². The van der Waals surface area contributed by atoms with Crippen LogP contribution in [0.4, 0.5) is 0 Å². The monoisotopic (exact) mass is 264 g/mol. The van der Waals surface area contributed by atoms with E-state index in [9.17, 15) is 0 Å². The second-order valence-electron chi connectivity index (χ2n) is 4.56. The van der Waals surface area contributed by atoms with Crippen LogP contribution in [-0.2, 0) is 6.54 Å². The molecule has 0 aliphatic rings. The van der Waals surface area contributed by atoms with Crippen molar-refractivity contribution in [2.45, 2.75) is 6.54 Å². The molecule has 3 aromatic rings. The van der Waals surface area contributed by atoms with Gasteiger partial charge in [-0.15, -0.1) is 0 Å². The minimum absolute atomic E-state index is 0.751. The molecular weight excluding hydrogens is 248 g/mol. The van der Waals surface area contributed by atoms with E-state index in [0.29, 0.717) is 0 Å². The molecule has 2 aromatic heterocycles. The summed E-state index contributed by atoms with van der Waals surface area (Å²) in [4.78, 5) is 4.58. The molecule has 0 aliphatic heterocycles. The molecule has 0 atom stereocenters. The quantitative estimate of drug-likeness (QED) is 0.787. The van der Waals surface area contributed by atoms with E-state index in [1.54, 1.807) is 0 Å². The van der Waals surface area contributed by atoms with E-state index in [-0.39, 0.29) is 0 Å². The van der Waals surface area contributed by atoms with Crippen molar-refractivity contribution in [1.82, 2.24) is 20.1 Å². The topological polar surface area (TPSA) is 42.7 Å². The van der Waals surface area contributed by atoms with Gasteiger partial charge in [0.1, 0.15) is 0 Å². The first kappa shape index (κ1) is 12.6. The van der Waals surface area contributed by atoms with Gasteiger partial charge < -0.3 is 5.32 Å². The summed E-state index contributed by atoms with van der Waals surface area (Å²) in [5.74, 6) is 0.833. The van der Waals surface area contributed by atoms with Gasteiger partial charge in [0.05, 0.1) is 11.9 Å². The van der Waals surface area contributed by atoms with Crippen molar-refractivity contribution in [3.05, 3.63) is 66.6 Å². The maximum absolute atomic E-state index is 4.58. The van der Waals surface area contributed by atoms with Gasteiger partial charge in [0.15, 0.2) is 5.82 Å². The summed E-state index contributed by atoms with van der Waals surface area (Å²) in [7, 11) is 1.91. The third-order valence-corrected chi connectivity index (χ3v) is 3.07. The maximum Gasteiger partial charge on any atom is 0.153 e. The Kier molecular flexibility index (Phi) is 3.56. The molecule has 1 aromatic carbocycles. The Hall–Kier alpha value is -2.46. The maximum atomic E-state index is 4.58. The summed E-state index contributed by atoms with van der Waals surface area (Å²) in [6, 6.07) is 16.2. The summed E-state index contributed by atoms with van der Waals surface area (Å²) in [6.45, 7) is 0.751. The highest BCUT2D eigenvalue weighted by molar-refractivity contribution is 5.61. The van der Waals surface area contributed by atoms with Crippen molar-refractivity contribution >= 4 is 0 Å². The van der Waals surface area contributed by atoms with Gasteiger partial charge in [0.2, 0.25) is 0 Å². The predicted octanol–water partition coefficient (Wildman–Crippen LogP) is 2.65. The molecule has 0 amide bonds. The van der Waals surface area contributed by atoms with Crippen molar-refractivity contribution in [2.75, 3.05) is 7.05 Å². The van der Waals surface area contributed by atoms with Crippen molar-refractivity contribution in [3.63, 3.8) is 0 Å². The molecule has 0 bridgehead atoms. The lowest BCUT2D eigenvalue weighted by atomic mass is 10.1. The number of hydrogen-bond donors (Lipinski definition) is 1. The fourth-order valence-electron chi connectivity index (χ4n) is 2.10. The van der Waals surface area contributed by atoms with Gasteiger partial charge in [0, 0.05) is 18.3 Å². The molecule has 4 heteroatoms. The van der Waals surface area contributed by atoms with Gasteiger partial charge in [-0.25, -0.2) is 9.67 Å². The number of rotatable bonds is 4. The van der Waals surface area contributed by atoms with Crippen LogP contribution in [0.25, 0.3) is 16.9 Å². The van der Waals surface area contributed by atoms with Crippen molar-refractivity contribution < 1.29 is 0 Å². The highest BCUT2D eigenvalue weighted by Crippen LogP contribution is 2.19. The molecule has 0 unspecified atom stereocenters. The fraction of sp³-hybridized carbons (Fsp3) is 0.125. The first-order valence-electron chi connectivity index (χ1n) is 6.58. The Morgan fingerprint density at radius 3 is 2.65 bits per heavy atom. The largest absolute Gasteiger partial charge is 0.314 e. The van der Waals surface area contributed by atoms with Gasteiger partial charge >= 0.3 is 0 Å². The molecule has 0 fully saturated rings. The van der Waals surface area contributed by atoms with E-state index >= 15 is 0 Å². The molecule has 0 aliphatic carbocycles. The average molecular weight is 264 g/mol. The molecule has 100 valence electrons. The summed E-state index contributed by atoms with van der Waals surface area (Å²) >= 11 is 0. The number of pyridine rings is 1. The molecule has 20 heavy (non-hydrogen) atoms. The first-order chi connectivity index (χ1) is 9.86. The molecule has 0 saturated carbocycles. The van der Waals surface area contributed by atoms with E-state index in [1.807, 2.05) is 60.5 Å². The van der Waals surface area contributed by atoms with Crippen LogP contribution in [0.1, 0.15) is 5.69 Å². The first-order valence-corrected chi connectivity index (χ1v) is 6.58. The Labute approximate surface area is 118 Å². The molecule has 0 radical (unpaired) electrons. The highest BCUT2D eigenvalue weighted by Gasteiger charge is 2.04. The van der Waals surface area contributed by atoms with Crippen LogP contribution in [0.5, 0.6) is 0 Å². The predicted molar refractivity (Wildman–Crippen MR) is 79.6 cm³/mol. The number of nitrogens with one attached hydrogen (secondary N) is 1. The zero-order valence-corrected chi connectivity index (χ0v) is 11.3. The minimum Gasteiger partial charge on any atom is -0.314 e. The molecule has 3 rings (SSSR count). The third kappa shape index (κ3) is 2.60. The molecule has 4 nitrogen and oxygen atoms in total. The molecule has 1 N–H and O–H groups in total. The van der Waals surface area contributed by atoms with E-state index in [0.717, 1.165) is 29.2 Å². The lowest BCUT2D eigenvalue weighted by molar-refractivity contribution is 0.770. The summed E-state index contributed by atoms with van der Waals surface area (Å²) < 4.78 is 1.81. The lowest BCUT2D eigenvalue weighted by Gasteiger charge is -2.03. The van der Waals surface area contributed by atoms with Gasteiger partial charge in [-0.3, -0.25) is 0 Å². The standard InChI is InChI=1S/C16H16N4/c1-17-11-15-8-5-9-16(19-15)20-12-14(10-18-20)13-6-3-2-4-7-13/h2-10,12,17H,11H2,1H3. The number of benzene rings is 1. The van der Waals surface area contributed by atoms with E-state index < -0.39 is 0 Å². The van der Waals surface area contributed by atoms with Gasteiger partial charge in [-0.05, 0) is 24.7 Å². The fourth-order valence-corrected chi connectivity index (χ4v) is 2.10. The minimum atomic E-state index is 0.751. The Morgan fingerprint density at radius 2 is 1.85 bits per heavy atom. The second-order valence-corrected chi connectivity index (χ2v) is 4.56. The van der Waals surface area contributed by atoms with E-state index in [1.165, 1.54) is 0 Å². The van der Waals surface area contributed by atoms with E-state index in [4.69, 9.17) is 0 Å². The smallest absolute Gasteiger partial charge is 0.153 e. The normalized spacial score (nSPS) is 10.7. The van der Waals surface area contributed by atoms with Crippen LogP contribution in [0.15, 0.2) is 60.9 Å². The zero-order chi connectivity index (χ0) is 13.8. The number of hydrogen-bond acceptors (Lipinski definition) is 3. The summed E-state index contributed by atoms with van der Waals surface area (Å²) in [6.07, 6.45) is 3.86. The third-order valence-electron chi connectivity index (χ3n) is 3.07. The van der Waals surface area contributed by atoms with Crippen LogP contribution >= 0.6 is 0 Å². The Bertz CT molecular complexity index is 688. The summed E-state index contributed by atoms with van der Waals surface area (Å²) in [5, 5.41) is 7.50. The van der Waals surface area contributed by atoms with Crippen molar-refractivity contribution in [1.29, 1.82) is 0 Å². The van der Waals surface area contributed by atoms with Crippen molar-refractivity contribution in [2.24, 2.45) is 0 Å². The van der Waals surface area contributed by atoms with Gasteiger partial charge in [-0.1, -0.05) is 36.4 Å². The Balaban J connectivity index is 1.92. The van der Waals surface area contributed by atoms with Crippen LogP contribution in [-0.4, -0.2) is 21.8 Å². The van der Waals surface area contributed by atoms with Crippen LogP contribution in [0, 0.1) is 0 Å².